The Morgan fingerprint density at radius 2 is 0.500 bits per heavy atom. The van der Waals surface area contributed by atoms with Crippen molar-refractivity contribution in [1.82, 2.24) is 0 Å². The average molecular weight is 587 g/mol. The molecule has 0 unspecified atom stereocenters. The van der Waals surface area contributed by atoms with E-state index in [1.165, 1.54) is 66.1 Å². The van der Waals surface area contributed by atoms with Gasteiger partial charge in [0.15, 0.2) is 0 Å². The van der Waals surface area contributed by atoms with Crippen LogP contribution < -0.4 is 0 Å². The second-order valence-corrected chi connectivity index (χ2v) is 14.1. The molecule has 0 saturated heterocycles. The normalized spacial score (nSPS) is 15.1. The van der Waals surface area contributed by atoms with Gasteiger partial charge >= 0.3 is 0 Å². The monoisotopic (exact) mass is 586 g/mol. The zero-order valence-corrected chi connectivity index (χ0v) is 26.0. The maximum absolute atomic E-state index is 2.55. The summed E-state index contributed by atoms with van der Waals surface area (Å²) in [6, 6.07) is 42.7. The van der Waals surface area contributed by atoms with Crippen molar-refractivity contribution in [1.29, 1.82) is 0 Å². The highest BCUT2D eigenvalue weighted by Crippen LogP contribution is 2.50. The lowest BCUT2D eigenvalue weighted by atomic mass is 9.73. The first kappa shape index (κ1) is 25.3. The van der Waals surface area contributed by atoms with Crippen LogP contribution in [0.25, 0.3) is 66.1 Å². The van der Waals surface area contributed by atoms with Crippen molar-refractivity contribution in [2.24, 2.45) is 0 Å². The largest absolute Gasteiger partial charge is 0.0617 e. The third-order valence-electron chi connectivity index (χ3n) is 11.7. The molecule has 11 rings (SSSR count). The minimum absolute atomic E-state index is 1.13. The molecule has 0 fully saturated rings. The summed E-state index contributed by atoms with van der Waals surface area (Å²) in [5.41, 5.74) is 24.1. The van der Waals surface area contributed by atoms with E-state index < -0.39 is 0 Å². The minimum atomic E-state index is 1.13. The van der Waals surface area contributed by atoms with Crippen molar-refractivity contribution < 1.29 is 0 Å². The lowest BCUT2D eigenvalue weighted by Crippen LogP contribution is -2.14. The molecule has 46 heavy (non-hydrogen) atoms. The van der Waals surface area contributed by atoms with E-state index in [4.69, 9.17) is 0 Å². The maximum Gasteiger partial charge on any atom is -0.00262 e. The summed E-state index contributed by atoms with van der Waals surface area (Å²) < 4.78 is 0. The highest BCUT2D eigenvalue weighted by Gasteiger charge is 2.29. The summed E-state index contributed by atoms with van der Waals surface area (Å²) in [6.45, 7) is 0. The first-order valence-corrected chi connectivity index (χ1v) is 17.3. The zero-order chi connectivity index (χ0) is 29.9. The summed E-state index contributed by atoms with van der Waals surface area (Å²) in [5.74, 6) is 0. The molecule has 0 radical (unpaired) electrons. The first-order chi connectivity index (χ1) is 22.8. The molecule has 7 aromatic carbocycles. The van der Waals surface area contributed by atoms with E-state index >= 15 is 0 Å². The van der Waals surface area contributed by atoms with Gasteiger partial charge in [-0.2, -0.15) is 0 Å². The molecule has 4 aliphatic rings. The molecule has 0 aliphatic heterocycles. The Morgan fingerprint density at radius 3 is 0.804 bits per heavy atom. The number of hydrogen-bond donors (Lipinski definition) is 0. The Morgan fingerprint density at radius 1 is 0.239 bits per heavy atom. The van der Waals surface area contributed by atoms with Crippen LogP contribution in [-0.2, 0) is 51.4 Å². The van der Waals surface area contributed by atoms with Crippen LogP contribution in [0, 0.1) is 0 Å². The minimum Gasteiger partial charge on any atom is -0.0617 e. The van der Waals surface area contributed by atoms with Crippen molar-refractivity contribution in [3.05, 3.63) is 154 Å². The number of benzene rings is 7. The van der Waals surface area contributed by atoms with Crippen molar-refractivity contribution in [3.8, 4) is 44.5 Å². The summed E-state index contributed by atoms with van der Waals surface area (Å²) in [7, 11) is 0. The standard InChI is InChI=1S/C46H34/c1-2-12-38-37(11-1)45(35-23-31-19-15-27-7-5-8-28-16-20-32(24-35)43(31)41(27)28)39-13-3-4-14-40(39)46(38)36-25-33-21-17-29-9-6-10-30-18-22-34(26-36)44(33)42(29)30/h1-14,23-26H,15-22H2. The van der Waals surface area contributed by atoms with Crippen LogP contribution in [0.3, 0.4) is 0 Å². The number of rotatable bonds is 2. The molecule has 0 nitrogen and oxygen atoms in total. The van der Waals surface area contributed by atoms with Gasteiger partial charge in [0.05, 0.1) is 0 Å². The van der Waals surface area contributed by atoms with Crippen molar-refractivity contribution >= 4 is 21.5 Å². The van der Waals surface area contributed by atoms with Crippen LogP contribution in [-0.4, -0.2) is 0 Å². The molecule has 218 valence electrons. The van der Waals surface area contributed by atoms with Gasteiger partial charge in [-0.1, -0.05) is 109 Å². The highest BCUT2D eigenvalue weighted by molar-refractivity contribution is 6.21. The lowest BCUT2D eigenvalue weighted by molar-refractivity contribution is 0.877. The molecule has 0 bridgehead atoms. The van der Waals surface area contributed by atoms with E-state index in [-0.39, 0.29) is 0 Å². The van der Waals surface area contributed by atoms with Gasteiger partial charge in [0.25, 0.3) is 0 Å². The fourth-order valence-electron chi connectivity index (χ4n) is 9.86. The van der Waals surface area contributed by atoms with E-state index in [0.29, 0.717) is 0 Å². The van der Waals surface area contributed by atoms with Gasteiger partial charge in [-0.05, 0) is 162 Å². The van der Waals surface area contributed by atoms with Gasteiger partial charge < -0.3 is 0 Å². The van der Waals surface area contributed by atoms with E-state index in [2.05, 4.69) is 109 Å². The van der Waals surface area contributed by atoms with E-state index in [0.717, 1.165) is 51.4 Å². The van der Waals surface area contributed by atoms with Crippen LogP contribution in [0.15, 0.2) is 109 Å². The summed E-state index contributed by atoms with van der Waals surface area (Å²) in [4.78, 5) is 0. The van der Waals surface area contributed by atoms with Gasteiger partial charge in [0, 0.05) is 0 Å². The first-order valence-electron chi connectivity index (χ1n) is 17.3. The quantitative estimate of drug-likeness (QED) is 0.177. The smallest absolute Gasteiger partial charge is 0.00262 e. The average Bonchev–Trinajstić information content (AvgIpc) is 3.11. The predicted molar refractivity (Wildman–Crippen MR) is 193 cm³/mol. The van der Waals surface area contributed by atoms with Gasteiger partial charge in [0.2, 0.25) is 0 Å². The Labute approximate surface area is 270 Å². The van der Waals surface area contributed by atoms with Crippen LogP contribution in [0.1, 0.15) is 44.5 Å². The molecule has 0 heterocycles. The number of aryl methyl sites for hydroxylation is 8. The second kappa shape index (κ2) is 9.30. The van der Waals surface area contributed by atoms with E-state index in [1.54, 1.807) is 44.5 Å². The Bertz CT molecular complexity index is 2150. The Kier molecular flexibility index (Phi) is 5.11. The molecule has 7 aromatic rings. The van der Waals surface area contributed by atoms with Gasteiger partial charge in [0.1, 0.15) is 0 Å². The van der Waals surface area contributed by atoms with Gasteiger partial charge in [-0.25, -0.2) is 0 Å². The molecule has 0 aromatic heterocycles. The Balaban J connectivity index is 1.17. The van der Waals surface area contributed by atoms with Gasteiger partial charge in [-0.3, -0.25) is 0 Å². The molecular formula is C46H34. The molecule has 0 heteroatoms. The van der Waals surface area contributed by atoms with Crippen molar-refractivity contribution in [2.45, 2.75) is 51.4 Å². The van der Waals surface area contributed by atoms with E-state index in [1.807, 2.05) is 0 Å². The number of fused-ring (bicyclic) bond motifs is 2. The lowest BCUT2D eigenvalue weighted by Gasteiger charge is -2.31. The third-order valence-corrected chi connectivity index (χ3v) is 11.7. The highest BCUT2D eigenvalue weighted by atomic mass is 14.3. The summed E-state index contributed by atoms with van der Waals surface area (Å²) in [6.07, 6.45) is 9.09. The second-order valence-electron chi connectivity index (χ2n) is 14.1. The Hall–Kier alpha value is -4.94. The summed E-state index contributed by atoms with van der Waals surface area (Å²) in [5, 5.41) is 5.48. The SMILES string of the molecule is c1cc2c3c(c1)CCc1cc(-c4c5ccccc5c(-c5cc6c7c(c5)CCc5cccc(c5-7)CC6)c5ccccc45)cc(c1-3)CC2. The number of hydrogen-bond acceptors (Lipinski definition) is 0. The third kappa shape index (κ3) is 3.40. The molecular weight excluding hydrogens is 553 g/mol. The van der Waals surface area contributed by atoms with Crippen LogP contribution in [0.2, 0.25) is 0 Å². The molecule has 0 amide bonds. The van der Waals surface area contributed by atoms with Crippen LogP contribution >= 0.6 is 0 Å². The fraction of sp³-hybridized carbons (Fsp3) is 0.174. The van der Waals surface area contributed by atoms with E-state index in [9.17, 15) is 0 Å². The topological polar surface area (TPSA) is 0 Å². The van der Waals surface area contributed by atoms with Crippen LogP contribution in [0.4, 0.5) is 0 Å². The molecule has 0 atom stereocenters. The maximum atomic E-state index is 2.55. The summed E-state index contributed by atoms with van der Waals surface area (Å²) >= 11 is 0. The molecule has 0 spiro atoms. The van der Waals surface area contributed by atoms with Gasteiger partial charge in [-0.15, -0.1) is 0 Å². The fourth-order valence-corrected chi connectivity index (χ4v) is 9.86. The van der Waals surface area contributed by atoms with Crippen LogP contribution in [0.5, 0.6) is 0 Å². The predicted octanol–water partition coefficient (Wildman–Crippen LogP) is 11.1. The molecule has 0 saturated carbocycles. The zero-order valence-electron chi connectivity index (χ0n) is 26.0. The van der Waals surface area contributed by atoms with Crippen molar-refractivity contribution in [3.63, 3.8) is 0 Å². The molecule has 0 N–H and O–H groups in total. The van der Waals surface area contributed by atoms with Crippen molar-refractivity contribution in [2.75, 3.05) is 0 Å². The molecule has 4 aliphatic carbocycles.